The lowest BCUT2D eigenvalue weighted by molar-refractivity contribution is 0.310. The summed E-state index contributed by atoms with van der Waals surface area (Å²) in [4.78, 5) is 4.91. The number of ether oxygens (including phenoxy) is 1. The van der Waals surface area contributed by atoms with E-state index in [0.717, 1.165) is 10.6 Å². The monoisotopic (exact) mass is 240 g/mol. The summed E-state index contributed by atoms with van der Waals surface area (Å²) in [7, 11) is 0. The van der Waals surface area contributed by atoms with Gasteiger partial charge in [-0.15, -0.1) is 11.3 Å². The fraction of sp³-hybridized carbons (Fsp3) is 0.100. The molecule has 2 rings (SSSR count). The smallest absolute Gasteiger partial charge is 0.183 e. The Morgan fingerprint density at radius 1 is 1.47 bits per heavy atom. The lowest BCUT2D eigenvalue weighted by Gasteiger charge is -2.04. The molecule has 1 heterocycles. The van der Waals surface area contributed by atoms with Gasteiger partial charge in [0.05, 0.1) is 4.88 Å². The highest BCUT2D eigenvalue weighted by atomic mass is 35.5. The fourth-order valence-electron chi connectivity index (χ4n) is 1.11. The van der Waals surface area contributed by atoms with Crippen molar-refractivity contribution in [1.29, 1.82) is 0 Å². The number of benzene rings is 1. The van der Waals surface area contributed by atoms with Crippen molar-refractivity contribution in [2.75, 3.05) is 5.73 Å². The minimum Gasteiger partial charge on any atom is -0.488 e. The van der Waals surface area contributed by atoms with Gasteiger partial charge in [0.15, 0.2) is 4.47 Å². The summed E-state index contributed by atoms with van der Waals surface area (Å²) in [5, 5.41) is 0. The molecular weight excluding hydrogens is 232 g/mol. The van der Waals surface area contributed by atoms with E-state index in [1.807, 2.05) is 18.2 Å². The molecule has 0 aliphatic carbocycles. The van der Waals surface area contributed by atoms with Crippen molar-refractivity contribution in [2.24, 2.45) is 0 Å². The van der Waals surface area contributed by atoms with Crippen molar-refractivity contribution in [3.05, 3.63) is 39.8 Å². The molecule has 1 aromatic carbocycles. The number of halogens is 1. The van der Waals surface area contributed by atoms with Crippen LogP contribution in [0.4, 0.5) is 5.69 Å². The predicted molar refractivity (Wildman–Crippen MR) is 62.3 cm³/mol. The van der Waals surface area contributed by atoms with E-state index in [0.29, 0.717) is 16.8 Å². The molecule has 0 spiro atoms. The highest BCUT2D eigenvalue weighted by Gasteiger charge is 2.00. The molecule has 0 saturated carbocycles. The van der Waals surface area contributed by atoms with Crippen LogP contribution in [-0.4, -0.2) is 4.98 Å². The van der Waals surface area contributed by atoms with Crippen molar-refractivity contribution >= 4 is 28.6 Å². The lowest BCUT2D eigenvalue weighted by atomic mass is 10.3. The zero-order valence-corrected chi connectivity index (χ0v) is 9.39. The Morgan fingerprint density at radius 2 is 2.33 bits per heavy atom. The molecule has 15 heavy (non-hydrogen) atoms. The van der Waals surface area contributed by atoms with Gasteiger partial charge >= 0.3 is 0 Å². The molecule has 5 heteroatoms. The first-order chi connectivity index (χ1) is 7.24. The summed E-state index contributed by atoms with van der Waals surface area (Å²) in [5.74, 6) is 0.750. The molecule has 0 unspecified atom stereocenters. The molecule has 1 aromatic heterocycles. The average Bonchev–Trinajstić information content (AvgIpc) is 2.62. The quantitative estimate of drug-likeness (QED) is 0.840. The second-order valence-corrected chi connectivity index (χ2v) is 4.64. The van der Waals surface area contributed by atoms with Gasteiger partial charge in [-0.2, -0.15) is 0 Å². The second-order valence-electron chi connectivity index (χ2n) is 2.94. The Bertz CT molecular complexity index is 458. The molecule has 3 nitrogen and oxygen atoms in total. The molecule has 0 amide bonds. The molecule has 0 bridgehead atoms. The Morgan fingerprint density at radius 3 is 3.00 bits per heavy atom. The van der Waals surface area contributed by atoms with Gasteiger partial charge in [0.2, 0.25) is 0 Å². The van der Waals surface area contributed by atoms with Gasteiger partial charge in [-0.25, -0.2) is 4.98 Å². The first-order valence-electron chi connectivity index (χ1n) is 4.32. The Kier molecular flexibility index (Phi) is 3.08. The maximum absolute atomic E-state index is 5.70. The highest BCUT2D eigenvalue weighted by molar-refractivity contribution is 7.15. The molecule has 2 aromatic rings. The first-order valence-corrected chi connectivity index (χ1v) is 5.52. The third kappa shape index (κ3) is 2.84. The van der Waals surface area contributed by atoms with E-state index in [2.05, 4.69) is 4.98 Å². The van der Waals surface area contributed by atoms with Crippen LogP contribution in [0.3, 0.4) is 0 Å². The highest BCUT2D eigenvalue weighted by Crippen LogP contribution is 2.21. The summed E-state index contributed by atoms with van der Waals surface area (Å²) in [6.07, 6.45) is 1.71. The van der Waals surface area contributed by atoms with Gasteiger partial charge in [0.1, 0.15) is 12.4 Å². The number of thiazole rings is 1. The van der Waals surface area contributed by atoms with Crippen LogP contribution in [0.1, 0.15) is 4.88 Å². The van der Waals surface area contributed by atoms with Crippen molar-refractivity contribution in [1.82, 2.24) is 4.98 Å². The number of nitrogens with two attached hydrogens (primary N) is 1. The van der Waals surface area contributed by atoms with Crippen molar-refractivity contribution in [3.63, 3.8) is 0 Å². The molecule has 0 atom stereocenters. The van der Waals surface area contributed by atoms with Gasteiger partial charge in [-0.3, -0.25) is 0 Å². The van der Waals surface area contributed by atoms with E-state index >= 15 is 0 Å². The summed E-state index contributed by atoms with van der Waals surface area (Å²) in [6.45, 7) is 0.466. The van der Waals surface area contributed by atoms with Crippen LogP contribution in [0, 0.1) is 0 Å². The van der Waals surface area contributed by atoms with Crippen LogP contribution in [0.25, 0.3) is 0 Å². The molecule has 78 valence electrons. The minimum absolute atomic E-state index is 0.466. The van der Waals surface area contributed by atoms with Crippen molar-refractivity contribution in [3.8, 4) is 5.75 Å². The van der Waals surface area contributed by atoms with Gasteiger partial charge in [0.25, 0.3) is 0 Å². The van der Waals surface area contributed by atoms with Crippen LogP contribution < -0.4 is 10.5 Å². The van der Waals surface area contributed by atoms with E-state index in [1.165, 1.54) is 11.3 Å². The van der Waals surface area contributed by atoms with E-state index in [9.17, 15) is 0 Å². The van der Waals surface area contributed by atoms with Gasteiger partial charge in [-0.05, 0) is 12.1 Å². The standard InChI is InChI=1S/C10H9ClN2OS/c11-10-13-5-9(15-10)6-14-8-3-1-2-7(12)4-8/h1-5H,6,12H2. The topological polar surface area (TPSA) is 48.1 Å². The zero-order valence-electron chi connectivity index (χ0n) is 7.81. The summed E-state index contributed by atoms with van der Waals surface area (Å²) >= 11 is 7.11. The molecule has 0 saturated heterocycles. The SMILES string of the molecule is Nc1cccc(OCc2cnc(Cl)s2)c1. The number of hydrogen-bond acceptors (Lipinski definition) is 4. The van der Waals surface area contributed by atoms with E-state index in [1.54, 1.807) is 12.3 Å². The number of nitrogen functional groups attached to an aromatic ring is 1. The molecule has 0 fully saturated rings. The fourth-order valence-corrected chi connectivity index (χ4v) is 2.00. The maximum Gasteiger partial charge on any atom is 0.183 e. The minimum atomic E-state index is 0.466. The molecular formula is C10H9ClN2OS. The maximum atomic E-state index is 5.70. The molecule has 0 aliphatic heterocycles. The largest absolute Gasteiger partial charge is 0.488 e. The molecule has 0 radical (unpaired) electrons. The normalized spacial score (nSPS) is 10.2. The summed E-state index contributed by atoms with van der Waals surface area (Å²) < 4.78 is 6.05. The molecule has 2 N–H and O–H groups in total. The summed E-state index contributed by atoms with van der Waals surface area (Å²) in [5.41, 5.74) is 6.31. The van der Waals surface area contributed by atoms with Gasteiger partial charge in [-0.1, -0.05) is 17.7 Å². The van der Waals surface area contributed by atoms with E-state index < -0.39 is 0 Å². The van der Waals surface area contributed by atoms with Crippen molar-refractivity contribution in [2.45, 2.75) is 6.61 Å². The Hall–Kier alpha value is -1.26. The van der Waals surface area contributed by atoms with Gasteiger partial charge in [0, 0.05) is 18.0 Å². The van der Waals surface area contributed by atoms with Crippen LogP contribution >= 0.6 is 22.9 Å². The van der Waals surface area contributed by atoms with Crippen LogP contribution in [0.15, 0.2) is 30.5 Å². The third-order valence-electron chi connectivity index (χ3n) is 1.76. The van der Waals surface area contributed by atoms with Crippen LogP contribution in [-0.2, 0) is 6.61 Å². The Labute approximate surface area is 96.5 Å². The Balaban J connectivity index is 1.99. The predicted octanol–water partition coefficient (Wildman–Crippen LogP) is 2.96. The van der Waals surface area contributed by atoms with E-state index in [4.69, 9.17) is 22.1 Å². The first kappa shape index (κ1) is 10.3. The average molecular weight is 241 g/mol. The number of nitrogens with zero attached hydrogens (tertiary/aromatic N) is 1. The second kappa shape index (κ2) is 4.51. The molecule has 0 aliphatic rings. The van der Waals surface area contributed by atoms with Gasteiger partial charge < -0.3 is 10.5 Å². The van der Waals surface area contributed by atoms with Crippen LogP contribution in [0.5, 0.6) is 5.75 Å². The summed E-state index contributed by atoms with van der Waals surface area (Å²) in [6, 6.07) is 7.31. The van der Waals surface area contributed by atoms with Crippen LogP contribution in [0.2, 0.25) is 4.47 Å². The third-order valence-corrected chi connectivity index (χ3v) is 2.85. The van der Waals surface area contributed by atoms with E-state index in [-0.39, 0.29) is 0 Å². The number of rotatable bonds is 3. The number of aromatic nitrogens is 1. The lowest BCUT2D eigenvalue weighted by Crippen LogP contribution is -1.93. The zero-order chi connectivity index (χ0) is 10.7. The number of hydrogen-bond donors (Lipinski definition) is 1. The van der Waals surface area contributed by atoms with Crippen molar-refractivity contribution < 1.29 is 4.74 Å². The number of anilines is 1.